The summed E-state index contributed by atoms with van der Waals surface area (Å²) in [6.07, 6.45) is 36.5. The molecule has 2 atom stereocenters. The van der Waals surface area contributed by atoms with Crippen LogP contribution in [-0.4, -0.2) is 100 Å². The summed E-state index contributed by atoms with van der Waals surface area (Å²) in [7, 11) is 3.96. The molecule has 1 aliphatic rings. The van der Waals surface area contributed by atoms with E-state index in [1.165, 1.54) is 116 Å². The lowest BCUT2D eigenvalue weighted by Gasteiger charge is -2.24. The number of likely N-dealkylation sites (tertiary alicyclic amines) is 1. The maximum absolute atomic E-state index is 13.1. The zero-order valence-electron chi connectivity index (χ0n) is 46.1. The number of unbranched alkanes of at least 4 members (excludes halogenated alkanes) is 14. The van der Waals surface area contributed by atoms with Crippen molar-refractivity contribution in [3.05, 3.63) is 0 Å². The van der Waals surface area contributed by atoms with Crippen LogP contribution in [0.4, 0.5) is 0 Å². The Morgan fingerprint density at radius 2 is 0.985 bits per heavy atom. The third kappa shape index (κ3) is 32.7. The van der Waals surface area contributed by atoms with Crippen molar-refractivity contribution in [1.82, 2.24) is 9.80 Å². The molecule has 9 nitrogen and oxygen atoms in total. The van der Waals surface area contributed by atoms with Crippen molar-refractivity contribution in [2.45, 2.75) is 273 Å². The first-order chi connectivity index (χ1) is 32.2. The molecule has 9 heteroatoms. The fourth-order valence-corrected chi connectivity index (χ4v) is 9.88. The fourth-order valence-electron chi connectivity index (χ4n) is 9.88. The van der Waals surface area contributed by atoms with Crippen LogP contribution in [0.25, 0.3) is 0 Å². The second-order valence-electron chi connectivity index (χ2n) is 22.5. The number of ether oxygens (including phenoxy) is 4. The predicted octanol–water partition coefficient (Wildman–Crippen LogP) is 15.1. The van der Waals surface area contributed by atoms with Gasteiger partial charge in [0.2, 0.25) is 0 Å². The summed E-state index contributed by atoms with van der Waals surface area (Å²) in [5.41, 5.74) is -0.914. The Morgan fingerprint density at radius 1 is 0.552 bits per heavy atom. The number of rotatable bonds is 46. The Bertz CT molecular complexity index is 1190. The van der Waals surface area contributed by atoms with Crippen molar-refractivity contribution in [3.63, 3.8) is 0 Å². The number of hydrogen-bond acceptors (Lipinski definition) is 9. The van der Waals surface area contributed by atoms with Crippen LogP contribution in [0, 0.1) is 22.7 Å². The highest BCUT2D eigenvalue weighted by molar-refractivity contribution is 5.76. The molecule has 0 amide bonds. The highest BCUT2D eigenvalue weighted by Gasteiger charge is 2.34. The second kappa shape index (κ2) is 39.9. The van der Waals surface area contributed by atoms with Crippen molar-refractivity contribution in [3.8, 4) is 0 Å². The zero-order chi connectivity index (χ0) is 49.6. The number of esters is 3. The van der Waals surface area contributed by atoms with Crippen LogP contribution >= 0.6 is 0 Å². The van der Waals surface area contributed by atoms with Gasteiger partial charge in [0.05, 0.1) is 37.1 Å². The molecule has 0 aromatic heterocycles. The van der Waals surface area contributed by atoms with Crippen molar-refractivity contribution in [1.29, 1.82) is 0 Å². The molecule has 0 aliphatic carbocycles. The fraction of sp³-hybridized carbons (Fsp3) is 0.948. The molecule has 1 unspecified atom stereocenters. The molecular formula is C58H112N2O7. The molecule has 1 aliphatic heterocycles. The average molecular weight is 950 g/mol. The van der Waals surface area contributed by atoms with Gasteiger partial charge in [-0.15, -0.1) is 0 Å². The van der Waals surface area contributed by atoms with Crippen LogP contribution < -0.4 is 0 Å². The first kappa shape index (κ1) is 63.3. The molecule has 1 fully saturated rings. The van der Waals surface area contributed by atoms with Gasteiger partial charge in [0.25, 0.3) is 0 Å². The van der Waals surface area contributed by atoms with E-state index in [0.717, 1.165) is 115 Å². The Morgan fingerprint density at radius 3 is 1.43 bits per heavy atom. The second-order valence-corrected chi connectivity index (χ2v) is 22.5. The zero-order valence-corrected chi connectivity index (χ0v) is 46.1. The first-order valence-corrected chi connectivity index (χ1v) is 28.7. The minimum Gasteiger partial charge on any atom is -0.465 e. The standard InChI is InChI=1S/C58H112N2O7/c1-11-15-23-33-50(34-24-16-12-2)37-31-45-65-55(62)57(5,6)40-27-19-21-29-42-60-48-53(67-54(61)39-43-59(9)10)47-52(60)49-64-44-30-22-20-28-41-58(7,8)56(63)66-46-32-38-51(35-25-17-13-3)36-26-18-14-4/h50-53H,11-49H2,1-10H3/t52?,53-/m1/s1. The molecule has 0 radical (unpaired) electrons. The first-order valence-electron chi connectivity index (χ1n) is 28.7. The molecule has 0 N–H and O–H groups in total. The molecule has 0 aromatic carbocycles. The predicted molar refractivity (Wildman–Crippen MR) is 282 cm³/mol. The Hall–Kier alpha value is -1.71. The minimum absolute atomic E-state index is 0.0480. The topological polar surface area (TPSA) is 94.6 Å². The van der Waals surface area contributed by atoms with Crippen molar-refractivity contribution < 1.29 is 33.3 Å². The molecule has 0 bridgehead atoms. The molecule has 0 spiro atoms. The van der Waals surface area contributed by atoms with Crippen molar-refractivity contribution in [2.24, 2.45) is 22.7 Å². The van der Waals surface area contributed by atoms with E-state index in [1.54, 1.807) is 0 Å². The maximum atomic E-state index is 13.1. The van der Waals surface area contributed by atoms with Crippen LogP contribution in [0.3, 0.4) is 0 Å². The van der Waals surface area contributed by atoms with Crippen LogP contribution in [0.5, 0.6) is 0 Å². The summed E-state index contributed by atoms with van der Waals surface area (Å²) in [6.45, 7) is 22.1. The van der Waals surface area contributed by atoms with Gasteiger partial charge in [0, 0.05) is 32.2 Å². The molecule has 0 aromatic rings. The molecule has 396 valence electrons. The summed E-state index contributed by atoms with van der Waals surface area (Å²) >= 11 is 0. The van der Waals surface area contributed by atoms with Crippen LogP contribution in [0.1, 0.15) is 261 Å². The number of carbonyl (C=O) groups excluding carboxylic acids is 3. The normalized spacial score (nSPS) is 15.9. The van der Waals surface area contributed by atoms with Gasteiger partial charge in [-0.25, -0.2) is 0 Å². The summed E-state index contributed by atoms with van der Waals surface area (Å²) in [6, 6.07) is 0.239. The van der Waals surface area contributed by atoms with E-state index < -0.39 is 10.8 Å². The third-order valence-electron chi connectivity index (χ3n) is 14.6. The Labute approximate surface area is 415 Å². The van der Waals surface area contributed by atoms with Crippen LogP contribution in [-0.2, 0) is 33.3 Å². The van der Waals surface area contributed by atoms with E-state index in [0.29, 0.717) is 32.8 Å². The summed E-state index contributed by atoms with van der Waals surface area (Å²) in [5, 5.41) is 0. The summed E-state index contributed by atoms with van der Waals surface area (Å²) in [5.74, 6) is 1.33. The highest BCUT2D eigenvalue weighted by atomic mass is 16.5. The highest BCUT2D eigenvalue weighted by Crippen LogP contribution is 2.30. The minimum atomic E-state index is -0.461. The Kier molecular flexibility index (Phi) is 37.7. The smallest absolute Gasteiger partial charge is 0.311 e. The molecule has 1 rings (SSSR count). The lowest BCUT2D eigenvalue weighted by molar-refractivity contribution is -0.155. The van der Waals surface area contributed by atoms with Gasteiger partial charge in [-0.05, 0) is 112 Å². The maximum Gasteiger partial charge on any atom is 0.311 e. The average Bonchev–Trinajstić information content (AvgIpc) is 3.67. The largest absolute Gasteiger partial charge is 0.465 e. The molecular weight excluding hydrogens is 837 g/mol. The number of nitrogens with zero attached hydrogens (tertiary/aromatic N) is 2. The van der Waals surface area contributed by atoms with Gasteiger partial charge in [0.15, 0.2) is 0 Å². The van der Waals surface area contributed by atoms with E-state index in [-0.39, 0.29) is 30.1 Å². The lowest BCUT2D eigenvalue weighted by Crippen LogP contribution is -2.34. The van der Waals surface area contributed by atoms with E-state index >= 15 is 0 Å². The van der Waals surface area contributed by atoms with Crippen molar-refractivity contribution in [2.75, 3.05) is 60.2 Å². The van der Waals surface area contributed by atoms with Gasteiger partial charge in [-0.2, -0.15) is 0 Å². The number of carbonyl (C=O) groups is 3. The van der Waals surface area contributed by atoms with Gasteiger partial charge < -0.3 is 23.8 Å². The van der Waals surface area contributed by atoms with Gasteiger partial charge in [0.1, 0.15) is 6.10 Å². The Balaban J connectivity index is 2.44. The van der Waals surface area contributed by atoms with Crippen LogP contribution in [0.2, 0.25) is 0 Å². The molecule has 1 heterocycles. The van der Waals surface area contributed by atoms with E-state index in [1.807, 2.05) is 46.7 Å². The molecule has 1 saturated heterocycles. The van der Waals surface area contributed by atoms with E-state index in [9.17, 15) is 14.4 Å². The third-order valence-corrected chi connectivity index (χ3v) is 14.6. The SMILES string of the molecule is CCCCCC(CCCCC)CCCOC(=O)C(C)(C)CCCCCCOCC1C[C@@H](OC(=O)CCN(C)C)CN1CCCCCCC(C)(C)C(=O)OCCCC(CCCCC)CCCCC. The van der Waals surface area contributed by atoms with Gasteiger partial charge in [-0.3, -0.25) is 19.3 Å². The van der Waals surface area contributed by atoms with Crippen molar-refractivity contribution >= 4 is 17.9 Å². The molecule has 0 saturated carbocycles. The van der Waals surface area contributed by atoms with Gasteiger partial charge >= 0.3 is 17.9 Å². The lowest BCUT2D eigenvalue weighted by atomic mass is 9.87. The summed E-state index contributed by atoms with van der Waals surface area (Å²) < 4.78 is 23.9. The van der Waals surface area contributed by atoms with Gasteiger partial charge in [-0.1, -0.05) is 169 Å². The number of hydrogen-bond donors (Lipinski definition) is 0. The summed E-state index contributed by atoms with van der Waals surface area (Å²) in [4.78, 5) is 43.2. The molecule has 67 heavy (non-hydrogen) atoms. The van der Waals surface area contributed by atoms with Crippen LogP contribution in [0.15, 0.2) is 0 Å². The monoisotopic (exact) mass is 949 g/mol. The van der Waals surface area contributed by atoms with E-state index in [2.05, 4.69) is 32.6 Å². The quantitative estimate of drug-likeness (QED) is 0.0336. The van der Waals surface area contributed by atoms with E-state index in [4.69, 9.17) is 18.9 Å².